The highest BCUT2D eigenvalue weighted by atomic mass is 35.5. The van der Waals surface area contributed by atoms with Crippen LogP contribution in [0.2, 0.25) is 5.02 Å². The molecule has 0 aliphatic carbocycles. The highest BCUT2D eigenvalue weighted by molar-refractivity contribution is 6.31. The Morgan fingerprint density at radius 3 is 2.70 bits per heavy atom. The number of carbonyl (C=O) groups is 2. The van der Waals surface area contributed by atoms with Crippen molar-refractivity contribution in [2.24, 2.45) is 0 Å². The quantitative estimate of drug-likeness (QED) is 0.667. The number of halogens is 1. The minimum atomic E-state index is -1.14. The van der Waals surface area contributed by atoms with E-state index in [-0.39, 0.29) is 24.8 Å². The van der Waals surface area contributed by atoms with Crippen LogP contribution in [0.15, 0.2) is 54.7 Å². The Kier molecular flexibility index (Phi) is 4.16. The number of hydrogen-bond donors (Lipinski definition) is 1. The average molecular weight is 417 g/mol. The number of rotatable bonds is 3. The molecule has 1 spiro atoms. The first-order chi connectivity index (χ1) is 14.6. The molecule has 1 atom stereocenters. The third-order valence-corrected chi connectivity index (χ3v) is 6.14. The summed E-state index contributed by atoms with van der Waals surface area (Å²) in [6.07, 6.45) is 7.19. The Labute approximate surface area is 178 Å². The second-order valence-electron chi connectivity index (χ2n) is 7.40. The van der Waals surface area contributed by atoms with Crippen LogP contribution in [0.1, 0.15) is 23.1 Å². The number of fused-ring (bicyclic) bond motifs is 4. The lowest BCUT2D eigenvalue weighted by atomic mass is 9.72. The normalized spacial score (nSPS) is 19.4. The molecule has 1 N–H and O–H groups in total. The fourth-order valence-corrected chi connectivity index (χ4v) is 4.65. The predicted molar refractivity (Wildman–Crippen MR) is 114 cm³/mol. The number of nitrogens with one attached hydrogen (secondary N) is 1. The molecule has 6 nitrogen and oxygen atoms in total. The Morgan fingerprint density at radius 2 is 1.90 bits per heavy atom. The SMILES string of the molecule is C#CCN1C(=O)C2(CC(=O)Nc3c2cnn3Cc2ccccc2Cl)c2ccccc21. The topological polar surface area (TPSA) is 67.2 Å². The highest BCUT2D eigenvalue weighted by Crippen LogP contribution is 2.52. The molecule has 30 heavy (non-hydrogen) atoms. The third kappa shape index (κ3) is 2.49. The van der Waals surface area contributed by atoms with Crippen molar-refractivity contribution >= 4 is 34.9 Å². The van der Waals surface area contributed by atoms with E-state index in [0.29, 0.717) is 22.9 Å². The van der Waals surface area contributed by atoms with Crippen LogP contribution < -0.4 is 10.2 Å². The van der Waals surface area contributed by atoms with E-state index in [0.717, 1.165) is 16.8 Å². The molecular weight excluding hydrogens is 400 g/mol. The molecule has 1 unspecified atom stereocenters. The van der Waals surface area contributed by atoms with E-state index in [1.165, 1.54) is 0 Å². The van der Waals surface area contributed by atoms with Crippen LogP contribution in [0, 0.1) is 12.3 Å². The van der Waals surface area contributed by atoms with Crippen molar-refractivity contribution in [3.8, 4) is 12.3 Å². The lowest BCUT2D eigenvalue weighted by Crippen LogP contribution is -2.46. The Morgan fingerprint density at radius 1 is 1.13 bits per heavy atom. The summed E-state index contributed by atoms with van der Waals surface area (Å²) in [6.45, 7) is 0.511. The zero-order valence-corrected chi connectivity index (χ0v) is 16.7. The van der Waals surface area contributed by atoms with Crippen molar-refractivity contribution in [2.75, 3.05) is 16.8 Å². The van der Waals surface area contributed by atoms with E-state index in [9.17, 15) is 9.59 Å². The molecule has 3 aromatic rings. The fraction of sp³-hybridized carbons (Fsp3) is 0.174. The summed E-state index contributed by atoms with van der Waals surface area (Å²) in [5, 5.41) is 8.02. The number of aromatic nitrogens is 2. The van der Waals surface area contributed by atoms with Gasteiger partial charge in [0.15, 0.2) is 0 Å². The molecule has 2 amide bonds. The van der Waals surface area contributed by atoms with Crippen LogP contribution in [0.5, 0.6) is 0 Å². The van der Waals surface area contributed by atoms with Crippen LogP contribution in [0.4, 0.5) is 11.5 Å². The molecule has 2 aliphatic rings. The van der Waals surface area contributed by atoms with E-state index < -0.39 is 5.41 Å². The predicted octanol–water partition coefficient (Wildman–Crippen LogP) is 3.19. The van der Waals surface area contributed by atoms with Gasteiger partial charge in [-0.1, -0.05) is 53.9 Å². The summed E-state index contributed by atoms with van der Waals surface area (Å²) >= 11 is 6.31. The Hall–Kier alpha value is -3.56. The van der Waals surface area contributed by atoms with Gasteiger partial charge in [-0.2, -0.15) is 5.10 Å². The molecule has 2 aromatic carbocycles. The summed E-state index contributed by atoms with van der Waals surface area (Å²) in [7, 11) is 0. The Balaban J connectivity index is 1.68. The van der Waals surface area contributed by atoms with Crippen LogP contribution in [0.25, 0.3) is 0 Å². The Bertz CT molecular complexity index is 1240. The van der Waals surface area contributed by atoms with E-state index in [4.69, 9.17) is 18.0 Å². The minimum absolute atomic E-state index is 0.00864. The lowest BCUT2D eigenvalue weighted by molar-refractivity contribution is -0.126. The van der Waals surface area contributed by atoms with Gasteiger partial charge in [-0.3, -0.25) is 14.5 Å². The molecule has 3 heterocycles. The van der Waals surface area contributed by atoms with Gasteiger partial charge < -0.3 is 5.32 Å². The standard InChI is InChI=1S/C23H17ClN4O2/c1-2-11-27-19-10-6-4-8-16(19)23(22(27)30)12-20(29)26-21-17(23)13-25-28(21)14-15-7-3-5-9-18(15)24/h1,3-10,13H,11-12,14H2,(H,26,29). The maximum Gasteiger partial charge on any atom is 0.243 e. The molecule has 0 saturated carbocycles. The summed E-state index contributed by atoms with van der Waals surface area (Å²) in [5.74, 6) is 2.62. The number of terminal acetylenes is 1. The molecule has 0 radical (unpaired) electrons. The van der Waals surface area contributed by atoms with Crippen molar-refractivity contribution in [3.05, 3.63) is 76.4 Å². The molecular formula is C23H17ClN4O2. The van der Waals surface area contributed by atoms with Gasteiger partial charge in [-0.25, -0.2) is 4.68 Å². The number of amides is 2. The summed E-state index contributed by atoms with van der Waals surface area (Å²) in [6, 6.07) is 14.9. The largest absolute Gasteiger partial charge is 0.311 e. The van der Waals surface area contributed by atoms with Crippen molar-refractivity contribution < 1.29 is 9.59 Å². The van der Waals surface area contributed by atoms with Gasteiger partial charge in [-0.15, -0.1) is 6.42 Å². The van der Waals surface area contributed by atoms with Gasteiger partial charge >= 0.3 is 0 Å². The van der Waals surface area contributed by atoms with Gasteiger partial charge in [0.2, 0.25) is 11.8 Å². The number of nitrogens with zero attached hydrogens (tertiary/aromatic N) is 3. The molecule has 7 heteroatoms. The summed E-state index contributed by atoms with van der Waals surface area (Å²) in [5.41, 5.74) is 1.92. The average Bonchev–Trinajstić information content (AvgIpc) is 3.24. The van der Waals surface area contributed by atoms with Gasteiger partial charge in [0, 0.05) is 22.7 Å². The number of hydrogen-bond acceptors (Lipinski definition) is 3. The van der Waals surface area contributed by atoms with Crippen LogP contribution in [0.3, 0.4) is 0 Å². The first-order valence-corrected chi connectivity index (χ1v) is 9.88. The highest BCUT2D eigenvalue weighted by Gasteiger charge is 2.56. The monoisotopic (exact) mass is 416 g/mol. The van der Waals surface area contributed by atoms with Crippen molar-refractivity contribution in [2.45, 2.75) is 18.4 Å². The lowest BCUT2D eigenvalue weighted by Gasteiger charge is -2.32. The van der Waals surface area contributed by atoms with Gasteiger partial charge in [0.05, 0.1) is 19.3 Å². The van der Waals surface area contributed by atoms with Crippen molar-refractivity contribution in [3.63, 3.8) is 0 Å². The minimum Gasteiger partial charge on any atom is -0.311 e. The zero-order valence-electron chi connectivity index (χ0n) is 15.9. The maximum absolute atomic E-state index is 13.7. The van der Waals surface area contributed by atoms with Crippen molar-refractivity contribution in [1.29, 1.82) is 0 Å². The first kappa shape index (κ1) is 18.5. The molecule has 2 aliphatic heterocycles. The molecule has 0 fully saturated rings. The van der Waals surface area contributed by atoms with E-state index in [1.807, 2.05) is 42.5 Å². The first-order valence-electron chi connectivity index (χ1n) is 9.50. The van der Waals surface area contributed by atoms with E-state index >= 15 is 0 Å². The second-order valence-corrected chi connectivity index (χ2v) is 7.81. The summed E-state index contributed by atoms with van der Waals surface area (Å²) < 4.78 is 1.68. The maximum atomic E-state index is 13.7. The van der Waals surface area contributed by atoms with E-state index in [2.05, 4.69) is 16.3 Å². The van der Waals surface area contributed by atoms with Gasteiger partial charge in [0.1, 0.15) is 11.2 Å². The third-order valence-electron chi connectivity index (χ3n) is 5.78. The number of carbonyl (C=O) groups excluding carboxylic acids is 2. The molecule has 5 rings (SSSR count). The second kappa shape index (κ2) is 6.75. The van der Waals surface area contributed by atoms with E-state index in [1.54, 1.807) is 21.8 Å². The van der Waals surface area contributed by atoms with Crippen LogP contribution >= 0.6 is 11.6 Å². The molecule has 148 valence electrons. The molecule has 1 aromatic heterocycles. The van der Waals surface area contributed by atoms with Gasteiger partial charge in [0.25, 0.3) is 0 Å². The zero-order chi connectivity index (χ0) is 20.9. The number of benzene rings is 2. The number of para-hydroxylation sites is 1. The number of anilines is 2. The van der Waals surface area contributed by atoms with Crippen molar-refractivity contribution in [1.82, 2.24) is 9.78 Å². The smallest absolute Gasteiger partial charge is 0.243 e. The molecule has 0 saturated heterocycles. The molecule has 0 bridgehead atoms. The van der Waals surface area contributed by atoms with Crippen LogP contribution in [-0.2, 0) is 21.5 Å². The fourth-order valence-electron chi connectivity index (χ4n) is 4.45. The summed E-state index contributed by atoms with van der Waals surface area (Å²) in [4.78, 5) is 28.0. The van der Waals surface area contributed by atoms with Crippen LogP contribution in [-0.4, -0.2) is 28.1 Å². The van der Waals surface area contributed by atoms with Gasteiger partial charge in [-0.05, 0) is 23.3 Å².